The second-order valence-corrected chi connectivity index (χ2v) is 7.58. The van der Waals surface area contributed by atoms with Gasteiger partial charge in [0.2, 0.25) is 0 Å². The second kappa shape index (κ2) is 9.99. The molecule has 176 valence electrons. The van der Waals surface area contributed by atoms with Crippen molar-refractivity contribution in [2.24, 2.45) is 0 Å². The number of aliphatic hydroxyl groups is 1. The fraction of sp³-hybridized carbons (Fsp3) is 0.318. The van der Waals surface area contributed by atoms with Crippen LogP contribution in [-0.2, 0) is 4.79 Å². The van der Waals surface area contributed by atoms with Gasteiger partial charge in [0, 0.05) is 11.6 Å². The fourth-order valence-electron chi connectivity index (χ4n) is 3.56. The molecule has 3 aromatic rings. The predicted octanol–water partition coefficient (Wildman–Crippen LogP) is 1.89. The number of amides is 1. The third kappa shape index (κ3) is 6.07. The number of aliphatic carboxylic acids is 1. The van der Waals surface area contributed by atoms with E-state index in [0.717, 1.165) is 29.6 Å². The highest BCUT2D eigenvalue weighted by Crippen LogP contribution is 2.23. The number of carboxylic acid groups (broad SMARTS) is 1. The van der Waals surface area contributed by atoms with Gasteiger partial charge >= 0.3 is 17.9 Å². The highest BCUT2D eigenvalue weighted by molar-refractivity contribution is 5.91. The van der Waals surface area contributed by atoms with Crippen LogP contribution in [0.5, 0.6) is 0 Å². The molecule has 0 spiro atoms. The fourth-order valence-corrected chi connectivity index (χ4v) is 3.56. The molecule has 1 fully saturated rings. The number of carbonyl (C=O) groups is 2. The number of carboxylic acids is 1. The van der Waals surface area contributed by atoms with E-state index >= 15 is 0 Å². The lowest BCUT2D eigenvalue weighted by atomic mass is 9.93. The Bertz CT molecular complexity index is 1120. The standard InChI is InChI=1S/C20H20FN3O2.C2HF3O2/c21-14-6-4-13(5-7-14)18-17-3-1-2-12-24(17)19(23-18)20(26)22-15-8-10-16(25)11-9-15;3-2(4,5)1(6)7/h1-7,12,15-16,25H,8-11H2,(H,22,26);(H,6,7). The Kier molecular flexibility index (Phi) is 7.32. The molecule has 0 atom stereocenters. The number of carbonyl (C=O) groups excluding carboxylic acids is 2. The number of aromatic nitrogens is 2. The zero-order valence-corrected chi connectivity index (χ0v) is 17.2. The number of nitrogens with one attached hydrogen (secondary N) is 2. The third-order valence-electron chi connectivity index (χ3n) is 5.21. The predicted molar refractivity (Wildman–Crippen MR) is 106 cm³/mol. The Balaban J connectivity index is 0.000000383. The topological polar surface area (TPSA) is 109 Å². The summed E-state index contributed by atoms with van der Waals surface area (Å²) in [6.45, 7) is 0. The highest BCUT2D eigenvalue weighted by atomic mass is 19.4. The summed E-state index contributed by atoms with van der Waals surface area (Å²) >= 11 is 0. The Morgan fingerprint density at radius 1 is 1.06 bits per heavy atom. The lowest BCUT2D eigenvalue weighted by Gasteiger charge is -2.25. The van der Waals surface area contributed by atoms with Crippen LogP contribution < -0.4 is 14.8 Å². The van der Waals surface area contributed by atoms with Gasteiger partial charge in [0.05, 0.1) is 12.3 Å². The van der Waals surface area contributed by atoms with Crippen molar-refractivity contribution in [1.82, 2.24) is 10.3 Å². The van der Waals surface area contributed by atoms with E-state index in [1.165, 1.54) is 12.1 Å². The van der Waals surface area contributed by atoms with Crippen LogP contribution in [0, 0.1) is 5.82 Å². The van der Waals surface area contributed by atoms with Crippen molar-refractivity contribution in [2.45, 2.75) is 44.0 Å². The maximum atomic E-state index is 13.2. The number of benzene rings is 1. The molecule has 1 saturated carbocycles. The number of alkyl halides is 3. The summed E-state index contributed by atoms with van der Waals surface area (Å²) in [5.74, 6) is -3.05. The summed E-state index contributed by atoms with van der Waals surface area (Å²) in [5, 5.41) is 21.5. The Morgan fingerprint density at radius 3 is 2.24 bits per heavy atom. The summed E-state index contributed by atoms with van der Waals surface area (Å²) in [4.78, 5) is 24.8. The van der Waals surface area contributed by atoms with Gasteiger partial charge < -0.3 is 20.3 Å². The average molecular weight is 467 g/mol. The SMILES string of the molecule is O=C(NC1CCC(O)CC1)c1[nH]c(-c2ccc(F)cc2)c2cccc[n+]12.O=C([O-])C(F)(F)F. The number of aliphatic hydroxyl groups excluding tert-OH is 1. The van der Waals surface area contributed by atoms with Crippen LogP contribution in [0.2, 0.25) is 0 Å². The number of H-pyrrole nitrogens is 1. The number of pyridine rings is 1. The van der Waals surface area contributed by atoms with Crippen LogP contribution in [-0.4, -0.2) is 40.3 Å². The number of hydrogen-bond donors (Lipinski definition) is 3. The van der Waals surface area contributed by atoms with Crippen LogP contribution in [0.3, 0.4) is 0 Å². The molecule has 33 heavy (non-hydrogen) atoms. The molecule has 4 rings (SSSR count). The lowest BCUT2D eigenvalue weighted by Crippen LogP contribution is -2.42. The molecule has 0 radical (unpaired) electrons. The van der Waals surface area contributed by atoms with Crippen LogP contribution in [0.25, 0.3) is 16.8 Å². The van der Waals surface area contributed by atoms with E-state index in [0.29, 0.717) is 18.7 Å². The minimum absolute atomic E-state index is 0.0721. The van der Waals surface area contributed by atoms with Gasteiger partial charge in [-0.05, 0) is 62.1 Å². The van der Waals surface area contributed by atoms with Crippen molar-refractivity contribution < 1.29 is 41.8 Å². The van der Waals surface area contributed by atoms with Crippen LogP contribution in [0.15, 0.2) is 48.7 Å². The molecule has 2 aromatic heterocycles. The molecule has 0 bridgehead atoms. The molecule has 1 aromatic carbocycles. The van der Waals surface area contributed by atoms with Gasteiger partial charge in [-0.25, -0.2) is 9.37 Å². The van der Waals surface area contributed by atoms with Crippen molar-refractivity contribution in [2.75, 3.05) is 0 Å². The molecular weight excluding hydrogens is 446 g/mol. The second-order valence-electron chi connectivity index (χ2n) is 7.58. The van der Waals surface area contributed by atoms with Crippen molar-refractivity contribution in [3.8, 4) is 11.3 Å². The molecule has 1 amide bonds. The van der Waals surface area contributed by atoms with Gasteiger partial charge in [0.25, 0.3) is 0 Å². The summed E-state index contributed by atoms with van der Waals surface area (Å²) in [6.07, 6.45) is -0.635. The van der Waals surface area contributed by atoms with Crippen molar-refractivity contribution in [1.29, 1.82) is 0 Å². The molecule has 0 aliphatic heterocycles. The van der Waals surface area contributed by atoms with Gasteiger partial charge in [-0.15, -0.1) is 0 Å². The van der Waals surface area contributed by atoms with Crippen molar-refractivity contribution in [3.63, 3.8) is 0 Å². The maximum Gasteiger partial charge on any atom is 0.430 e. The van der Waals surface area contributed by atoms with E-state index in [2.05, 4.69) is 10.3 Å². The maximum absolute atomic E-state index is 13.2. The van der Waals surface area contributed by atoms with Gasteiger partial charge in [0.15, 0.2) is 11.2 Å². The monoisotopic (exact) mass is 467 g/mol. The zero-order chi connectivity index (χ0) is 24.2. The first kappa shape index (κ1) is 24.2. The Morgan fingerprint density at radius 2 is 1.67 bits per heavy atom. The quantitative estimate of drug-likeness (QED) is 0.404. The van der Waals surface area contributed by atoms with E-state index in [9.17, 15) is 27.5 Å². The summed E-state index contributed by atoms with van der Waals surface area (Å²) < 4.78 is 46.6. The van der Waals surface area contributed by atoms with E-state index in [1.807, 2.05) is 28.8 Å². The first-order valence-electron chi connectivity index (χ1n) is 10.1. The van der Waals surface area contributed by atoms with Gasteiger partial charge in [-0.2, -0.15) is 17.6 Å². The Hall–Kier alpha value is -3.47. The molecule has 7 nitrogen and oxygen atoms in total. The number of nitrogens with zero attached hydrogens (tertiary/aromatic N) is 1. The average Bonchev–Trinajstić information content (AvgIpc) is 3.16. The van der Waals surface area contributed by atoms with Crippen molar-refractivity contribution >= 4 is 17.4 Å². The molecule has 1 aliphatic carbocycles. The molecular formula is C22H21F4N3O4. The first-order valence-corrected chi connectivity index (χ1v) is 10.1. The van der Waals surface area contributed by atoms with Gasteiger partial charge in [-0.1, -0.05) is 6.07 Å². The molecule has 2 heterocycles. The zero-order valence-electron chi connectivity index (χ0n) is 17.2. The van der Waals surface area contributed by atoms with E-state index in [4.69, 9.17) is 9.90 Å². The number of fused-ring (bicyclic) bond motifs is 1. The molecule has 11 heteroatoms. The Labute approximate surface area is 185 Å². The van der Waals surface area contributed by atoms with E-state index < -0.39 is 12.1 Å². The normalized spacial score (nSPS) is 18.3. The van der Waals surface area contributed by atoms with E-state index in [-0.39, 0.29) is 23.9 Å². The van der Waals surface area contributed by atoms with Crippen LogP contribution in [0.4, 0.5) is 17.6 Å². The number of halogens is 4. The number of imidazole rings is 1. The summed E-state index contributed by atoms with van der Waals surface area (Å²) in [6, 6.07) is 12.0. The van der Waals surface area contributed by atoms with Crippen molar-refractivity contribution in [3.05, 3.63) is 60.3 Å². The molecule has 0 unspecified atom stereocenters. The number of rotatable bonds is 3. The largest absolute Gasteiger partial charge is 0.542 e. The number of aromatic amines is 1. The molecule has 0 saturated heterocycles. The number of hydrogen-bond acceptors (Lipinski definition) is 4. The lowest BCUT2D eigenvalue weighted by molar-refractivity contribution is -0.514. The smallest absolute Gasteiger partial charge is 0.430 e. The van der Waals surface area contributed by atoms with E-state index in [1.54, 1.807) is 12.1 Å². The summed E-state index contributed by atoms with van der Waals surface area (Å²) in [5.41, 5.74) is 2.44. The van der Waals surface area contributed by atoms with Crippen LogP contribution >= 0.6 is 0 Å². The van der Waals surface area contributed by atoms with Gasteiger partial charge in [0.1, 0.15) is 11.8 Å². The molecule has 1 aliphatic rings. The molecule has 3 N–H and O–H groups in total. The highest BCUT2D eigenvalue weighted by Gasteiger charge is 2.29. The van der Waals surface area contributed by atoms with Crippen LogP contribution in [0.1, 0.15) is 36.3 Å². The minimum Gasteiger partial charge on any atom is -0.542 e. The summed E-state index contributed by atoms with van der Waals surface area (Å²) in [7, 11) is 0. The minimum atomic E-state index is -5.19. The first-order chi connectivity index (χ1) is 15.6. The third-order valence-corrected chi connectivity index (χ3v) is 5.21. The van der Waals surface area contributed by atoms with Gasteiger partial charge in [-0.3, -0.25) is 4.79 Å².